The van der Waals surface area contributed by atoms with Crippen LogP contribution in [0.1, 0.15) is 46.4 Å². The highest BCUT2D eigenvalue weighted by Gasteiger charge is 2.38. The standard InChI is InChI=1S/C40H41N5O6/c1-45(26-31-24-42-39(51-31)40(50,28-8-4-2-5-9-28)29-10-6-3-7-11-29)23-21-37(49)43-30-14-12-27(13-15-30)20-22-41-25-35(47)32-16-18-34(46)38-33(32)17-19-36(48)44-38/h2-19,24,35,41,46-47,50H,20-23,25-26H2,1H3,(H,43,49)(H,44,48)/t35-/m0/s1. The number of nitrogens with zero attached hydrogens (tertiary/aromatic N) is 2. The molecule has 0 bridgehead atoms. The molecule has 6 N–H and O–H groups in total. The molecule has 0 spiro atoms. The zero-order valence-corrected chi connectivity index (χ0v) is 28.3. The zero-order chi connectivity index (χ0) is 35.8. The minimum absolute atomic E-state index is 0.0468. The van der Waals surface area contributed by atoms with Gasteiger partial charge >= 0.3 is 0 Å². The zero-order valence-electron chi connectivity index (χ0n) is 28.3. The highest BCUT2D eigenvalue weighted by molar-refractivity contribution is 5.90. The Balaban J connectivity index is 0.948. The first-order valence-electron chi connectivity index (χ1n) is 16.8. The summed E-state index contributed by atoms with van der Waals surface area (Å²) in [5.74, 6) is 0.593. The van der Waals surface area contributed by atoms with Gasteiger partial charge in [-0.3, -0.25) is 14.5 Å². The third kappa shape index (κ3) is 8.42. The maximum Gasteiger partial charge on any atom is 0.248 e. The Hall–Kier alpha value is -5.59. The van der Waals surface area contributed by atoms with E-state index in [-0.39, 0.29) is 29.5 Å². The SMILES string of the molecule is CN(CCC(=O)Nc1ccc(CCNC[C@H](O)c2ccc(O)c3[nH]c(=O)ccc23)cc1)Cc1cnc(C(O)(c2ccccc2)c2ccccc2)o1. The molecule has 0 aliphatic heterocycles. The number of carbonyl (C=O) groups excluding carboxylic acids is 1. The summed E-state index contributed by atoms with van der Waals surface area (Å²) in [4.78, 5) is 33.4. The number of aromatic amines is 1. The third-order valence-corrected chi connectivity index (χ3v) is 8.82. The lowest BCUT2D eigenvalue weighted by Crippen LogP contribution is -2.29. The van der Waals surface area contributed by atoms with Crippen LogP contribution in [-0.4, -0.2) is 62.8 Å². The van der Waals surface area contributed by atoms with E-state index in [9.17, 15) is 24.9 Å². The average Bonchev–Trinajstić information content (AvgIpc) is 3.62. The second-order valence-electron chi connectivity index (χ2n) is 12.6. The molecule has 2 heterocycles. The van der Waals surface area contributed by atoms with Gasteiger partial charge in [-0.05, 0) is 66.5 Å². The van der Waals surface area contributed by atoms with Gasteiger partial charge in [0.2, 0.25) is 17.4 Å². The lowest BCUT2D eigenvalue weighted by molar-refractivity contribution is -0.116. The number of aliphatic hydroxyl groups is 2. The van der Waals surface area contributed by atoms with Crippen LogP contribution in [0.4, 0.5) is 5.69 Å². The molecule has 11 heteroatoms. The fourth-order valence-electron chi connectivity index (χ4n) is 6.07. The number of carbonyl (C=O) groups is 1. The van der Waals surface area contributed by atoms with Crippen molar-refractivity contribution in [3.05, 3.63) is 160 Å². The van der Waals surface area contributed by atoms with Gasteiger partial charge in [-0.25, -0.2) is 4.98 Å². The van der Waals surface area contributed by atoms with Gasteiger partial charge in [-0.2, -0.15) is 0 Å². The maximum atomic E-state index is 12.7. The lowest BCUT2D eigenvalue weighted by atomic mass is 9.86. The number of aromatic nitrogens is 2. The molecule has 0 fully saturated rings. The summed E-state index contributed by atoms with van der Waals surface area (Å²) in [5, 5.41) is 39.6. The summed E-state index contributed by atoms with van der Waals surface area (Å²) in [7, 11) is 1.90. The normalized spacial score (nSPS) is 12.3. The van der Waals surface area contributed by atoms with Crippen LogP contribution in [0.3, 0.4) is 0 Å². The smallest absolute Gasteiger partial charge is 0.248 e. The number of hydrogen-bond donors (Lipinski definition) is 6. The van der Waals surface area contributed by atoms with E-state index in [2.05, 4.69) is 20.6 Å². The largest absolute Gasteiger partial charge is 0.506 e. The molecule has 1 amide bonds. The van der Waals surface area contributed by atoms with Crippen LogP contribution in [0.25, 0.3) is 10.9 Å². The van der Waals surface area contributed by atoms with E-state index >= 15 is 0 Å². The number of amides is 1. The summed E-state index contributed by atoms with van der Waals surface area (Å²) in [6.07, 6.45) is 1.77. The van der Waals surface area contributed by atoms with E-state index in [0.29, 0.717) is 71.6 Å². The van der Waals surface area contributed by atoms with Gasteiger partial charge in [0.25, 0.3) is 0 Å². The molecule has 0 aliphatic carbocycles. The number of pyridine rings is 1. The van der Waals surface area contributed by atoms with Crippen molar-refractivity contribution in [2.45, 2.75) is 31.1 Å². The molecule has 0 saturated heterocycles. The van der Waals surface area contributed by atoms with E-state index in [1.54, 1.807) is 18.3 Å². The van der Waals surface area contributed by atoms with Crippen molar-refractivity contribution in [3.8, 4) is 5.75 Å². The van der Waals surface area contributed by atoms with Crippen molar-refractivity contribution in [1.82, 2.24) is 20.2 Å². The summed E-state index contributed by atoms with van der Waals surface area (Å²) in [6.45, 7) is 1.80. The van der Waals surface area contributed by atoms with Gasteiger partial charge in [-0.15, -0.1) is 0 Å². The number of hydrogen-bond acceptors (Lipinski definition) is 9. The minimum atomic E-state index is -1.55. The number of H-pyrrole nitrogens is 1. The predicted molar refractivity (Wildman–Crippen MR) is 195 cm³/mol. The van der Waals surface area contributed by atoms with E-state index in [1.165, 1.54) is 12.1 Å². The Labute approximate surface area is 295 Å². The molecule has 0 radical (unpaired) electrons. The van der Waals surface area contributed by atoms with Crippen molar-refractivity contribution in [3.63, 3.8) is 0 Å². The molecule has 1 atom stereocenters. The van der Waals surface area contributed by atoms with Crippen LogP contribution < -0.4 is 16.2 Å². The molecule has 262 valence electrons. The Morgan fingerprint density at radius 3 is 2.31 bits per heavy atom. The van der Waals surface area contributed by atoms with Crippen molar-refractivity contribution in [2.24, 2.45) is 0 Å². The second-order valence-corrected chi connectivity index (χ2v) is 12.6. The number of anilines is 1. The highest BCUT2D eigenvalue weighted by Crippen LogP contribution is 2.36. The first-order valence-corrected chi connectivity index (χ1v) is 16.8. The molecular weight excluding hydrogens is 646 g/mol. The van der Waals surface area contributed by atoms with E-state index < -0.39 is 11.7 Å². The maximum absolute atomic E-state index is 12.7. The van der Waals surface area contributed by atoms with Gasteiger partial charge in [0.1, 0.15) is 11.5 Å². The number of benzene rings is 4. The van der Waals surface area contributed by atoms with Gasteiger partial charge in [0, 0.05) is 36.7 Å². The number of phenols is 1. The highest BCUT2D eigenvalue weighted by atomic mass is 16.4. The van der Waals surface area contributed by atoms with Crippen LogP contribution in [0.5, 0.6) is 5.75 Å². The van der Waals surface area contributed by atoms with E-state index in [0.717, 1.165) is 5.56 Å². The number of nitrogens with one attached hydrogen (secondary N) is 3. The fourth-order valence-corrected chi connectivity index (χ4v) is 6.07. The van der Waals surface area contributed by atoms with Crippen molar-refractivity contribution in [2.75, 3.05) is 32.0 Å². The molecule has 6 aromatic rings. The van der Waals surface area contributed by atoms with Crippen LogP contribution in [0.2, 0.25) is 0 Å². The number of fused-ring (bicyclic) bond motifs is 1. The van der Waals surface area contributed by atoms with Gasteiger partial charge < -0.3 is 35.4 Å². The summed E-state index contributed by atoms with van der Waals surface area (Å²) in [6, 6.07) is 32.3. The quantitative estimate of drug-likeness (QED) is 0.0830. The molecule has 2 aromatic heterocycles. The van der Waals surface area contributed by atoms with Gasteiger partial charge in [-0.1, -0.05) is 78.9 Å². The van der Waals surface area contributed by atoms with Gasteiger partial charge in [0.15, 0.2) is 5.60 Å². The van der Waals surface area contributed by atoms with E-state index in [1.807, 2.05) is 96.9 Å². The molecular formula is C40H41N5O6. The number of aliphatic hydroxyl groups excluding tert-OH is 1. The fraction of sp³-hybridized carbons (Fsp3) is 0.225. The van der Waals surface area contributed by atoms with Crippen molar-refractivity contribution >= 4 is 22.5 Å². The molecule has 0 aliphatic rings. The number of rotatable bonds is 15. The minimum Gasteiger partial charge on any atom is -0.506 e. The van der Waals surface area contributed by atoms with Crippen LogP contribution >= 0.6 is 0 Å². The molecule has 51 heavy (non-hydrogen) atoms. The molecule has 0 saturated carbocycles. The number of oxazole rings is 1. The monoisotopic (exact) mass is 687 g/mol. The number of phenolic OH excluding ortho intramolecular Hbond substituents is 1. The first kappa shape index (κ1) is 35.2. The molecule has 6 rings (SSSR count). The summed E-state index contributed by atoms with van der Waals surface area (Å²) >= 11 is 0. The van der Waals surface area contributed by atoms with Crippen molar-refractivity contribution < 1.29 is 24.5 Å². The second kappa shape index (κ2) is 16.0. The Bertz CT molecular complexity index is 2080. The summed E-state index contributed by atoms with van der Waals surface area (Å²) < 4.78 is 6.09. The topological polar surface area (TPSA) is 164 Å². The Morgan fingerprint density at radius 1 is 0.941 bits per heavy atom. The number of aromatic hydroxyl groups is 1. The van der Waals surface area contributed by atoms with E-state index in [4.69, 9.17) is 4.42 Å². The third-order valence-electron chi connectivity index (χ3n) is 8.82. The first-order chi connectivity index (χ1) is 24.7. The molecule has 11 nitrogen and oxygen atoms in total. The van der Waals surface area contributed by atoms with Crippen LogP contribution in [0, 0.1) is 0 Å². The Morgan fingerprint density at radius 2 is 1.63 bits per heavy atom. The van der Waals surface area contributed by atoms with Crippen LogP contribution in [-0.2, 0) is 23.4 Å². The van der Waals surface area contributed by atoms with Crippen LogP contribution in [0.15, 0.2) is 125 Å². The Kier molecular flexibility index (Phi) is 11.0. The van der Waals surface area contributed by atoms with Crippen molar-refractivity contribution in [1.29, 1.82) is 0 Å². The average molecular weight is 688 g/mol. The molecule has 4 aromatic carbocycles. The lowest BCUT2D eigenvalue weighted by Gasteiger charge is -2.26. The summed E-state index contributed by atoms with van der Waals surface area (Å²) in [5.41, 5.74) is 2.11. The predicted octanol–water partition coefficient (Wildman–Crippen LogP) is 4.83. The van der Waals surface area contributed by atoms with Gasteiger partial charge in [0.05, 0.1) is 24.4 Å². The molecule has 0 unspecified atom stereocenters.